The Morgan fingerprint density at radius 1 is 1.17 bits per heavy atom. The van der Waals surface area contributed by atoms with Gasteiger partial charge in [-0.05, 0) is 31.0 Å². The molecule has 0 amide bonds. The van der Waals surface area contributed by atoms with Crippen molar-refractivity contribution in [3.8, 4) is 11.4 Å². The van der Waals surface area contributed by atoms with Gasteiger partial charge in [0.1, 0.15) is 5.69 Å². The highest BCUT2D eigenvalue weighted by Gasteiger charge is 2.14. The van der Waals surface area contributed by atoms with Crippen LogP contribution < -0.4 is 5.32 Å². The molecule has 1 aromatic carbocycles. The third-order valence-corrected chi connectivity index (χ3v) is 4.72. The largest absolute Gasteiger partial charge is 0.331 e. The molecule has 3 aromatic heterocycles. The Balaban J connectivity index is 1.71. The van der Waals surface area contributed by atoms with Gasteiger partial charge in [-0.15, -0.1) is 11.3 Å². The maximum absolute atomic E-state index is 4.75. The summed E-state index contributed by atoms with van der Waals surface area (Å²) in [6.07, 6.45) is 4.71. The van der Waals surface area contributed by atoms with Crippen LogP contribution in [-0.2, 0) is 6.42 Å². The van der Waals surface area contributed by atoms with Crippen molar-refractivity contribution < 1.29 is 0 Å². The first-order valence-electron chi connectivity index (χ1n) is 7.86. The SMILES string of the molecule is CCc1ccccc1Nc1nc(-c2c(C)nc3ncccn23)cs1. The van der Waals surface area contributed by atoms with Crippen molar-refractivity contribution in [3.63, 3.8) is 0 Å². The Morgan fingerprint density at radius 2 is 2.04 bits per heavy atom. The van der Waals surface area contributed by atoms with E-state index in [4.69, 9.17) is 4.98 Å². The summed E-state index contributed by atoms with van der Waals surface area (Å²) >= 11 is 1.60. The van der Waals surface area contributed by atoms with Crippen molar-refractivity contribution in [1.29, 1.82) is 0 Å². The van der Waals surface area contributed by atoms with Gasteiger partial charge in [-0.3, -0.25) is 4.40 Å². The fourth-order valence-electron chi connectivity index (χ4n) is 2.81. The van der Waals surface area contributed by atoms with Crippen LogP contribution in [0, 0.1) is 6.92 Å². The number of hydrogen-bond donors (Lipinski definition) is 1. The smallest absolute Gasteiger partial charge is 0.234 e. The highest BCUT2D eigenvalue weighted by Crippen LogP contribution is 2.30. The number of rotatable bonds is 4. The van der Waals surface area contributed by atoms with E-state index in [1.165, 1.54) is 5.56 Å². The molecule has 0 atom stereocenters. The maximum atomic E-state index is 4.75. The molecule has 0 radical (unpaired) electrons. The first-order chi connectivity index (χ1) is 11.8. The lowest BCUT2D eigenvalue weighted by Gasteiger charge is -2.07. The fraction of sp³-hybridized carbons (Fsp3) is 0.167. The minimum atomic E-state index is 0.698. The number of imidazole rings is 1. The summed E-state index contributed by atoms with van der Waals surface area (Å²) in [5.41, 5.74) is 5.22. The zero-order valence-electron chi connectivity index (χ0n) is 13.5. The number of nitrogens with zero attached hydrogens (tertiary/aromatic N) is 4. The lowest BCUT2D eigenvalue weighted by Crippen LogP contribution is -1.95. The number of nitrogens with one attached hydrogen (secondary N) is 1. The Hall–Kier alpha value is -2.73. The zero-order valence-corrected chi connectivity index (χ0v) is 14.3. The molecule has 0 aliphatic heterocycles. The summed E-state index contributed by atoms with van der Waals surface area (Å²) < 4.78 is 1.98. The van der Waals surface area contributed by atoms with Gasteiger partial charge in [0.15, 0.2) is 5.13 Å². The number of fused-ring (bicyclic) bond motifs is 1. The number of aromatic nitrogens is 4. The normalized spacial score (nSPS) is 11.1. The molecule has 6 heteroatoms. The van der Waals surface area contributed by atoms with E-state index < -0.39 is 0 Å². The van der Waals surface area contributed by atoms with Crippen LogP contribution in [0.15, 0.2) is 48.1 Å². The first-order valence-corrected chi connectivity index (χ1v) is 8.74. The molecular formula is C18H17N5S. The Bertz CT molecular complexity index is 1000. The number of anilines is 2. The van der Waals surface area contributed by atoms with E-state index in [9.17, 15) is 0 Å². The molecule has 0 saturated carbocycles. The minimum Gasteiger partial charge on any atom is -0.331 e. The van der Waals surface area contributed by atoms with Crippen LogP contribution >= 0.6 is 11.3 Å². The summed E-state index contributed by atoms with van der Waals surface area (Å²) in [4.78, 5) is 13.6. The predicted octanol–water partition coefficient (Wildman–Crippen LogP) is 4.47. The molecule has 120 valence electrons. The van der Waals surface area contributed by atoms with Crippen molar-refractivity contribution in [1.82, 2.24) is 19.4 Å². The summed E-state index contributed by atoms with van der Waals surface area (Å²) in [5.74, 6) is 0.698. The van der Waals surface area contributed by atoms with E-state index in [1.54, 1.807) is 17.5 Å². The minimum absolute atomic E-state index is 0.698. The molecule has 5 nitrogen and oxygen atoms in total. The molecule has 4 aromatic rings. The van der Waals surface area contributed by atoms with E-state index in [2.05, 4.69) is 45.8 Å². The quantitative estimate of drug-likeness (QED) is 0.598. The van der Waals surface area contributed by atoms with Crippen LogP contribution in [0.1, 0.15) is 18.2 Å². The van der Waals surface area contributed by atoms with Crippen LogP contribution in [0.2, 0.25) is 0 Å². The lowest BCUT2D eigenvalue weighted by molar-refractivity contribution is 1.11. The fourth-order valence-corrected chi connectivity index (χ4v) is 3.52. The second kappa shape index (κ2) is 6.05. The summed E-state index contributed by atoms with van der Waals surface area (Å²) in [6.45, 7) is 4.14. The number of thiazole rings is 1. The number of hydrogen-bond acceptors (Lipinski definition) is 5. The van der Waals surface area contributed by atoms with Crippen LogP contribution in [0.5, 0.6) is 0 Å². The second-order valence-corrected chi connectivity index (χ2v) is 6.37. The number of benzene rings is 1. The van der Waals surface area contributed by atoms with Gasteiger partial charge in [-0.2, -0.15) is 0 Å². The molecule has 0 aliphatic carbocycles. The van der Waals surface area contributed by atoms with Gasteiger partial charge in [0, 0.05) is 23.5 Å². The van der Waals surface area contributed by atoms with Crippen LogP contribution in [-0.4, -0.2) is 19.4 Å². The van der Waals surface area contributed by atoms with Gasteiger partial charge in [0.25, 0.3) is 0 Å². The molecule has 1 N–H and O–H groups in total. The topological polar surface area (TPSA) is 55.1 Å². The van der Waals surface area contributed by atoms with Crippen molar-refractivity contribution in [3.05, 3.63) is 59.4 Å². The predicted molar refractivity (Wildman–Crippen MR) is 97.9 cm³/mol. The van der Waals surface area contributed by atoms with Crippen molar-refractivity contribution >= 4 is 27.9 Å². The van der Waals surface area contributed by atoms with E-state index in [1.807, 2.05) is 29.7 Å². The van der Waals surface area contributed by atoms with E-state index >= 15 is 0 Å². The van der Waals surface area contributed by atoms with E-state index in [-0.39, 0.29) is 0 Å². The third kappa shape index (κ3) is 2.55. The first kappa shape index (κ1) is 14.8. The average molecular weight is 335 g/mol. The Morgan fingerprint density at radius 3 is 2.92 bits per heavy atom. The zero-order chi connectivity index (χ0) is 16.5. The van der Waals surface area contributed by atoms with Gasteiger partial charge < -0.3 is 5.32 Å². The van der Waals surface area contributed by atoms with Gasteiger partial charge >= 0.3 is 0 Å². The molecule has 3 heterocycles. The van der Waals surface area contributed by atoms with Gasteiger partial charge in [-0.25, -0.2) is 15.0 Å². The van der Waals surface area contributed by atoms with E-state index in [0.29, 0.717) is 5.78 Å². The van der Waals surface area contributed by atoms with Gasteiger partial charge in [0.05, 0.1) is 11.4 Å². The lowest BCUT2D eigenvalue weighted by atomic mass is 10.1. The van der Waals surface area contributed by atoms with Crippen LogP contribution in [0.4, 0.5) is 10.8 Å². The molecule has 0 fully saturated rings. The maximum Gasteiger partial charge on any atom is 0.234 e. The van der Waals surface area contributed by atoms with Crippen molar-refractivity contribution in [2.24, 2.45) is 0 Å². The highest BCUT2D eigenvalue weighted by molar-refractivity contribution is 7.14. The molecule has 24 heavy (non-hydrogen) atoms. The Labute approximate surface area is 144 Å². The summed E-state index contributed by atoms with van der Waals surface area (Å²) in [5, 5.41) is 6.37. The van der Waals surface area contributed by atoms with Crippen LogP contribution in [0.25, 0.3) is 17.2 Å². The highest BCUT2D eigenvalue weighted by atomic mass is 32.1. The number of para-hydroxylation sites is 1. The summed E-state index contributed by atoms with van der Waals surface area (Å²) in [7, 11) is 0. The van der Waals surface area contributed by atoms with Gasteiger partial charge in [0.2, 0.25) is 5.78 Å². The molecule has 0 aliphatic rings. The Kier molecular flexibility index (Phi) is 3.74. The molecule has 0 spiro atoms. The standard InChI is InChI=1S/C18H17N5S/c1-3-13-7-4-5-8-14(13)21-18-22-15(11-24-18)16-12(2)20-17-19-9-6-10-23(16)17/h4-11H,3H2,1-2H3,(H,21,22). The van der Waals surface area contributed by atoms with Crippen molar-refractivity contribution in [2.45, 2.75) is 20.3 Å². The molecule has 4 rings (SSSR count). The average Bonchev–Trinajstić information content (AvgIpc) is 3.18. The summed E-state index contributed by atoms with van der Waals surface area (Å²) in [6, 6.07) is 10.2. The second-order valence-electron chi connectivity index (χ2n) is 5.51. The van der Waals surface area contributed by atoms with E-state index in [0.717, 1.165) is 34.3 Å². The molecule has 0 saturated heterocycles. The molecule has 0 bridgehead atoms. The number of aryl methyl sites for hydroxylation is 2. The third-order valence-electron chi connectivity index (χ3n) is 3.96. The molecular weight excluding hydrogens is 318 g/mol. The van der Waals surface area contributed by atoms with Crippen molar-refractivity contribution in [2.75, 3.05) is 5.32 Å². The van der Waals surface area contributed by atoms with Crippen LogP contribution in [0.3, 0.4) is 0 Å². The van der Waals surface area contributed by atoms with Gasteiger partial charge in [-0.1, -0.05) is 25.1 Å². The monoisotopic (exact) mass is 335 g/mol. The molecule has 0 unspecified atom stereocenters.